The Morgan fingerprint density at radius 1 is 1.00 bits per heavy atom. The van der Waals surface area contributed by atoms with Gasteiger partial charge in [0.1, 0.15) is 0 Å². The van der Waals surface area contributed by atoms with Crippen molar-refractivity contribution >= 4 is 17.4 Å². The lowest BCUT2D eigenvalue weighted by Gasteiger charge is -2.31. The van der Waals surface area contributed by atoms with Crippen molar-refractivity contribution < 1.29 is 0 Å². The molecule has 86 valence electrons. The van der Waals surface area contributed by atoms with E-state index in [-0.39, 0.29) is 0 Å². The lowest BCUT2D eigenvalue weighted by molar-refractivity contribution is 0.862. The van der Waals surface area contributed by atoms with Gasteiger partial charge in [0, 0.05) is 17.1 Å². The summed E-state index contributed by atoms with van der Waals surface area (Å²) in [7, 11) is 0. The zero-order chi connectivity index (χ0) is 11.7. The summed E-state index contributed by atoms with van der Waals surface area (Å²) in [4.78, 5) is 3.87. The minimum absolute atomic E-state index is 1.02. The van der Waals surface area contributed by atoms with Crippen LogP contribution >= 0.6 is 11.8 Å². The van der Waals surface area contributed by atoms with E-state index in [4.69, 9.17) is 0 Å². The molecule has 2 heteroatoms. The second kappa shape index (κ2) is 4.46. The Morgan fingerprint density at radius 3 is 2.65 bits per heavy atom. The lowest BCUT2D eigenvalue weighted by Crippen LogP contribution is -2.26. The molecule has 1 heterocycles. The molecule has 0 amide bonds. The highest BCUT2D eigenvalue weighted by Crippen LogP contribution is 2.33. The topological polar surface area (TPSA) is 3.24 Å². The molecule has 0 fully saturated rings. The maximum atomic E-state index is 2.45. The van der Waals surface area contributed by atoms with Crippen LogP contribution in [0.1, 0.15) is 11.1 Å². The van der Waals surface area contributed by atoms with Crippen molar-refractivity contribution in [2.75, 3.05) is 10.8 Å². The van der Waals surface area contributed by atoms with Crippen LogP contribution in [0.3, 0.4) is 0 Å². The normalized spacial score (nSPS) is 14.5. The van der Waals surface area contributed by atoms with Crippen molar-refractivity contribution in [2.45, 2.75) is 18.4 Å². The molecule has 0 spiro atoms. The molecular weight excluding hydrogens is 226 g/mol. The highest BCUT2D eigenvalue weighted by molar-refractivity contribution is 7.99. The van der Waals surface area contributed by atoms with Crippen LogP contribution in [0.2, 0.25) is 0 Å². The molecular formula is C15H15NS. The van der Waals surface area contributed by atoms with Gasteiger partial charge in [0.2, 0.25) is 0 Å². The van der Waals surface area contributed by atoms with Crippen LogP contribution in [0, 0.1) is 6.92 Å². The van der Waals surface area contributed by atoms with Gasteiger partial charge in [-0.05, 0) is 30.2 Å². The van der Waals surface area contributed by atoms with Crippen LogP contribution in [-0.4, -0.2) is 5.88 Å². The van der Waals surface area contributed by atoms with E-state index < -0.39 is 0 Å². The van der Waals surface area contributed by atoms with Gasteiger partial charge in [0.15, 0.2) is 0 Å². The van der Waals surface area contributed by atoms with Crippen LogP contribution in [-0.2, 0) is 6.54 Å². The molecule has 0 N–H and O–H groups in total. The number of anilines is 1. The quantitative estimate of drug-likeness (QED) is 0.740. The predicted molar refractivity (Wildman–Crippen MR) is 74.5 cm³/mol. The molecule has 2 aromatic carbocycles. The molecule has 0 bridgehead atoms. The third-order valence-corrected chi connectivity index (χ3v) is 4.32. The summed E-state index contributed by atoms with van der Waals surface area (Å²) < 4.78 is 0. The Labute approximate surface area is 106 Å². The summed E-state index contributed by atoms with van der Waals surface area (Å²) in [5.74, 6) is 1.04. The largest absolute Gasteiger partial charge is 0.357 e. The average Bonchev–Trinajstić information content (AvgIpc) is 2.39. The van der Waals surface area contributed by atoms with Crippen molar-refractivity contribution in [2.24, 2.45) is 0 Å². The summed E-state index contributed by atoms with van der Waals surface area (Å²) in [5, 5.41) is 0. The Morgan fingerprint density at radius 2 is 1.76 bits per heavy atom. The summed E-state index contributed by atoms with van der Waals surface area (Å²) >= 11 is 1.93. The smallest absolute Gasteiger partial charge is 0.0689 e. The van der Waals surface area contributed by atoms with Crippen molar-refractivity contribution in [1.82, 2.24) is 0 Å². The molecule has 0 saturated heterocycles. The molecule has 1 aliphatic rings. The zero-order valence-electron chi connectivity index (χ0n) is 9.89. The number of benzene rings is 2. The Kier molecular flexibility index (Phi) is 2.81. The van der Waals surface area contributed by atoms with Gasteiger partial charge in [-0.2, -0.15) is 0 Å². The number of fused-ring (bicyclic) bond motifs is 1. The van der Waals surface area contributed by atoms with Gasteiger partial charge in [-0.3, -0.25) is 0 Å². The minimum Gasteiger partial charge on any atom is -0.357 e. The van der Waals surface area contributed by atoms with Gasteiger partial charge in [-0.1, -0.05) is 36.4 Å². The SMILES string of the molecule is Cc1ccccc1N1CSc2ccccc2C1. The molecule has 1 nitrogen and oxygen atoms in total. The van der Waals surface area contributed by atoms with Crippen LogP contribution < -0.4 is 4.90 Å². The Bertz CT molecular complexity index is 536. The first-order valence-corrected chi connectivity index (χ1v) is 6.84. The molecule has 2 aromatic rings. The molecule has 0 atom stereocenters. The Balaban J connectivity index is 1.92. The van der Waals surface area contributed by atoms with Crippen molar-refractivity contribution in [3.63, 3.8) is 0 Å². The zero-order valence-corrected chi connectivity index (χ0v) is 10.7. The highest BCUT2D eigenvalue weighted by atomic mass is 32.2. The van der Waals surface area contributed by atoms with E-state index >= 15 is 0 Å². The fourth-order valence-corrected chi connectivity index (χ4v) is 3.27. The van der Waals surface area contributed by atoms with E-state index in [9.17, 15) is 0 Å². The first kappa shape index (κ1) is 10.7. The summed E-state index contributed by atoms with van der Waals surface area (Å²) in [6, 6.07) is 17.3. The molecule has 0 aliphatic carbocycles. The summed E-state index contributed by atoms with van der Waals surface area (Å²) in [6.45, 7) is 3.20. The number of aryl methyl sites for hydroxylation is 1. The Hall–Kier alpha value is -1.41. The van der Waals surface area contributed by atoms with Gasteiger partial charge in [0.05, 0.1) is 5.88 Å². The molecule has 0 radical (unpaired) electrons. The second-order valence-corrected chi connectivity index (χ2v) is 5.35. The van der Waals surface area contributed by atoms with Crippen molar-refractivity contribution in [1.29, 1.82) is 0 Å². The van der Waals surface area contributed by atoms with Gasteiger partial charge in [-0.25, -0.2) is 0 Å². The van der Waals surface area contributed by atoms with E-state index in [0.717, 1.165) is 12.4 Å². The second-order valence-electron chi connectivity index (χ2n) is 4.37. The van der Waals surface area contributed by atoms with Crippen LogP contribution in [0.25, 0.3) is 0 Å². The molecule has 0 saturated carbocycles. The third-order valence-electron chi connectivity index (χ3n) is 3.17. The fraction of sp³-hybridized carbons (Fsp3) is 0.200. The number of nitrogens with zero attached hydrogens (tertiary/aromatic N) is 1. The van der Waals surface area contributed by atoms with Crippen molar-refractivity contribution in [3.05, 3.63) is 59.7 Å². The summed E-state index contributed by atoms with van der Waals surface area (Å²) in [5.41, 5.74) is 4.15. The number of rotatable bonds is 1. The standard InChI is InChI=1S/C15H15NS/c1-12-6-2-4-8-14(12)16-10-13-7-3-5-9-15(13)17-11-16/h2-9H,10-11H2,1H3. The minimum atomic E-state index is 1.02. The van der Waals surface area contributed by atoms with E-state index in [0.29, 0.717) is 0 Å². The van der Waals surface area contributed by atoms with E-state index in [1.54, 1.807) is 0 Å². The van der Waals surface area contributed by atoms with E-state index in [1.807, 2.05) is 11.8 Å². The molecule has 0 unspecified atom stereocenters. The van der Waals surface area contributed by atoms with Crippen LogP contribution in [0.15, 0.2) is 53.4 Å². The predicted octanol–water partition coefficient (Wildman–Crippen LogP) is 4.06. The lowest BCUT2D eigenvalue weighted by atomic mass is 10.1. The van der Waals surface area contributed by atoms with Gasteiger partial charge in [-0.15, -0.1) is 11.8 Å². The van der Waals surface area contributed by atoms with Gasteiger partial charge < -0.3 is 4.90 Å². The highest BCUT2D eigenvalue weighted by Gasteiger charge is 2.17. The van der Waals surface area contributed by atoms with Gasteiger partial charge >= 0.3 is 0 Å². The van der Waals surface area contributed by atoms with Crippen LogP contribution in [0.4, 0.5) is 5.69 Å². The number of para-hydroxylation sites is 1. The van der Waals surface area contributed by atoms with Crippen molar-refractivity contribution in [3.8, 4) is 0 Å². The monoisotopic (exact) mass is 241 g/mol. The van der Waals surface area contributed by atoms with E-state index in [1.165, 1.54) is 21.7 Å². The third kappa shape index (κ3) is 2.05. The number of hydrogen-bond acceptors (Lipinski definition) is 2. The van der Waals surface area contributed by atoms with E-state index in [2.05, 4.69) is 60.4 Å². The molecule has 1 aliphatic heterocycles. The average molecular weight is 241 g/mol. The van der Waals surface area contributed by atoms with Crippen LogP contribution in [0.5, 0.6) is 0 Å². The van der Waals surface area contributed by atoms with Gasteiger partial charge in [0.25, 0.3) is 0 Å². The fourth-order valence-electron chi connectivity index (χ4n) is 2.25. The number of thioether (sulfide) groups is 1. The number of hydrogen-bond donors (Lipinski definition) is 0. The molecule has 3 rings (SSSR count). The summed E-state index contributed by atoms with van der Waals surface area (Å²) in [6.07, 6.45) is 0. The molecule has 0 aromatic heterocycles. The molecule has 17 heavy (non-hydrogen) atoms. The first-order chi connectivity index (χ1) is 8.34. The maximum absolute atomic E-state index is 2.45. The maximum Gasteiger partial charge on any atom is 0.0689 e. The first-order valence-electron chi connectivity index (χ1n) is 5.86.